The van der Waals surface area contributed by atoms with Crippen LogP contribution in [0.2, 0.25) is 0 Å². The molecule has 0 aromatic heterocycles. The first-order valence-corrected chi connectivity index (χ1v) is 5.49. The second kappa shape index (κ2) is 9.60. The predicted octanol–water partition coefficient (Wildman–Crippen LogP) is 1.19. The van der Waals surface area contributed by atoms with E-state index in [0.29, 0.717) is 0 Å². The summed E-state index contributed by atoms with van der Waals surface area (Å²) in [4.78, 5) is 2.19. The van der Waals surface area contributed by atoms with Gasteiger partial charge in [0.2, 0.25) is 0 Å². The van der Waals surface area contributed by atoms with Gasteiger partial charge in [-0.25, -0.2) is 0 Å². The van der Waals surface area contributed by atoms with Gasteiger partial charge in [-0.15, -0.1) is 19.7 Å². The third-order valence-corrected chi connectivity index (χ3v) is 1.16. The Morgan fingerprint density at radius 2 is 1.13 bits per heavy atom. The molecule has 0 amide bonds. The van der Waals surface area contributed by atoms with Crippen molar-refractivity contribution in [3.63, 3.8) is 0 Å². The molecule has 0 saturated heterocycles. The van der Waals surface area contributed by atoms with Gasteiger partial charge in [0.1, 0.15) is 0 Å². The fourth-order valence-corrected chi connectivity index (χ4v) is 0.771. The molecule has 0 aromatic carbocycles. The average molecular weight is 235 g/mol. The lowest BCUT2D eigenvalue weighted by Crippen LogP contribution is -2.23. The summed E-state index contributed by atoms with van der Waals surface area (Å²) in [6, 6.07) is 0. The first kappa shape index (κ1) is 16.5. The van der Waals surface area contributed by atoms with E-state index >= 15 is 0 Å². The van der Waals surface area contributed by atoms with E-state index < -0.39 is 10.4 Å². The molecule has 88 valence electrons. The Bertz CT molecular complexity index is 253. The molecular formula is C9H17NO4S. The number of rotatable bonds is 6. The summed E-state index contributed by atoms with van der Waals surface area (Å²) in [7, 11) is -4.67. The van der Waals surface area contributed by atoms with Crippen LogP contribution in [-0.4, -0.2) is 42.1 Å². The van der Waals surface area contributed by atoms with Gasteiger partial charge >= 0.3 is 10.4 Å². The van der Waals surface area contributed by atoms with Crippen molar-refractivity contribution in [3.8, 4) is 0 Å². The molecule has 6 heteroatoms. The standard InChI is InChI=1S/C9H15N.H2O4S/c1-4-7-10(8-5-2)9-6-3;1-5(2,3)4/h4-6H,1-3,7-9H2;(H2,1,2,3,4). The van der Waals surface area contributed by atoms with Crippen LogP contribution in [-0.2, 0) is 10.4 Å². The monoisotopic (exact) mass is 235 g/mol. The van der Waals surface area contributed by atoms with Gasteiger partial charge < -0.3 is 0 Å². The van der Waals surface area contributed by atoms with Crippen molar-refractivity contribution >= 4 is 10.4 Å². The second-order valence-electron chi connectivity index (χ2n) is 2.53. The minimum atomic E-state index is -4.67. The van der Waals surface area contributed by atoms with Crippen LogP contribution in [0.5, 0.6) is 0 Å². The SMILES string of the molecule is C=CCN(CC=C)CC=C.O=S(=O)(O)O. The fourth-order valence-electron chi connectivity index (χ4n) is 0.771. The van der Waals surface area contributed by atoms with Crippen LogP contribution in [0.1, 0.15) is 0 Å². The lowest BCUT2D eigenvalue weighted by molar-refractivity contribution is 0.373. The molecule has 0 fully saturated rings. The molecule has 0 atom stereocenters. The Kier molecular flexibility index (Phi) is 10.5. The molecule has 0 bridgehead atoms. The Labute approximate surface area is 91.0 Å². The van der Waals surface area contributed by atoms with Crippen molar-refractivity contribution in [2.24, 2.45) is 0 Å². The normalized spacial score (nSPS) is 10.1. The lowest BCUT2D eigenvalue weighted by atomic mass is 10.4. The highest BCUT2D eigenvalue weighted by molar-refractivity contribution is 7.79. The maximum absolute atomic E-state index is 8.74. The smallest absolute Gasteiger partial charge is 0.292 e. The van der Waals surface area contributed by atoms with E-state index in [1.54, 1.807) is 0 Å². The summed E-state index contributed by atoms with van der Waals surface area (Å²) < 4.78 is 31.6. The van der Waals surface area contributed by atoms with Gasteiger partial charge in [0.15, 0.2) is 0 Å². The highest BCUT2D eigenvalue weighted by atomic mass is 32.3. The highest BCUT2D eigenvalue weighted by Gasteiger charge is 1.94. The van der Waals surface area contributed by atoms with Crippen LogP contribution < -0.4 is 0 Å². The van der Waals surface area contributed by atoms with Gasteiger partial charge in [-0.3, -0.25) is 14.0 Å². The van der Waals surface area contributed by atoms with Crippen LogP contribution >= 0.6 is 0 Å². The predicted molar refractivity (Wildman–Crippen MR) is 61.2 cm³/mol. The third kappa shape index (κ3) is 24.6. The van der Waals surface area contributed by atoms with E-state index in [9.17, 15) is 0 Å². The van der Waals surface area contributed by atoms with Crippen molar-refractivity contribution in [1.82, 2.24) is 4.90 Å². The number of hydrogen-bond acceptors (Lipinski definition) is 3. The summed E-state index contributed by atoms with van der Waals surface area (Å²) >= 11 is 0. The zero-order chi connectivity index (χ0) is 12.3. The van der Waals surface area contributed by atoms with E-state index in [1.807, 2.05) is 18.2 Å². The molecule has 0 radical (unpaired) electrons. The zero-order valence-electron chi connectivity index (χ0n) is 8.54. The zero-order valence-corrected chi connectivity index (χ0v) is 9.36. The molecule has 0 aliphatic carbocycles. The Balaban J connectivity index is 0. The molecule has 5 nitrogen and oxygen atoms in total. The maximum atomic E-state index is 8.74. The molecule has 2 N–H and O–H groups in total. The van der Waals surface area contributed by atoms with Crippen LogP contribution in [0.4, 0.5) is 0 Å². The summed E-state index contributed by atoms with van der Waals surface area (Å²) in [6.07, 6.45) is 5.65. The molecule has 15 heavy (non-hydrogen) atoms. The van der Waals surface area contributed by atoms with Crippen molar-refractivity contribution in [1.29, 1.82) is 0 Å². The molecule has 0 spiro atoms. The third-order valence-electron chi connectivity index (χ3n) is 1.16. The summed E-state index contributed by atoms with van der Waals surface area (Å²) in [5.41, 5.74) is 0. The molecule has 0 aliphatic heterocycles. The van der Waals surface area contributed by atoms with Gasteiger partial charge in [-0.1, -0.05) is 18.2 Å². The molecule has 0 unspecified atom stereocenters. The Morgan fingerprint density at radius 3 is 1.27 bits per heavy atom. The number of hydrogen-bond donors (Lipinski definition) is 2. The molecule has 0 rings (SSSR count). The molecule has 0 aliphatic rings. The van der Waals surface area contributed by atoms with Crippen LogP contribution in [0.3, 0.4) is 0 Å². The summed E-state index contributed by atoms with van der Waals surface area (Å²) in [5, 5.41) is 0. The Morgan fingerprint density at radius 1 is 0.933 bits per heavy atom. The minimum absolute atomic E-state index is 0.901. The second-order valence-corrected chi connectivity index (χ2v) is 3.43. The highest BCUT2D eigenvalue weighted by Crippen LogP contribution is 1.88. The van der Waals surface area contributed by atoms with Crippen LogP contribution in [0, 0.1) is 0 Å². The van der Waals surface area contributed by atoms with Gasteiger partial charge in [0.05, 0.1) is 0 Å². The van der Waals surface area contributed by atoms with Crippen molar-refractivity contribution < 1.29 is 17.5 Å². The molecule has 0 aromatic rings. The maximum Gasteiger partial charge on any atom is 0.394 e. The fraction of sp³-hybridized carbons (Fsp3) is 0.333. The van der Waals surface area contributed by atoms with Crippen molar-refractivity contribution in [2.45, 2.75) is 0 Å². The van der Waals surface area contributed by atoms with Gasteiger partial charge in [-0.05, 0) is 0 Å². The topological polar surface area (TPSA) is 77.8 Å². The first-order chi connectivity index (χ1) is 6.85. The van der Waals surface area contributed by atoms with E-state index in [2.05, 4.69) is 24.6 Å². The first-order valence-electron chi connectivity index (χ1n) is 4.10. The van der Waals surface area contributed by atoms with E-state index in [1.165, 1.54) is 0 Å². The van der Waals surface area contributed by atoms with E-state index in [0.717, 1.165) is 19.6 Å². The van der Waals surface area contributed by atoms with Crippen molar-refractivity contribution in [2.75, 3.05) is 19.6 Å². The van der Waals surface area contributed by atoms with E-state index in [4.69, 9.17) is 17.5 Å². The molecular weight excluding hydrogens is 218 g/mol. The quantitative estimate of drug-likeness (QED) is 0.534. The van der Waals surface area contributed by atoms with Gasteiger partial charge in [-0.2, -0.15) is 8.42 Å². The Hall–Kier alpha value is -0.950. The molecule has 0 heterocycles. The van der Waals surface area contributed by atoms with Crippen molar-refractivity contribution in [3.05, 3.63) is 38.0 Å². The lowest BCUT2D eigenvalue weighted by Gasteiger charge is -2.15. The largest absolute Gasteiger partial charge is 0.394 e. The summed E-state index contributed by atoms with van der Waals surface area (Å²) in [5.74, 6) is 0. The molecule has 0 saturated carbocycles. The average Bonchev–Trinajstić information content (AvgIpc) is 2.02. The van der Waals surface area contributed by atoms with Crippen LogP contribution in [0.15, 0.2) is 38.0 Å². The van der Waals surface area contributed by atoms with Gasteiger partial charge in [0.25, 0.3) is 0 Å². The summed E-state index contributed by atoms with van der Waals surface area (Å²) in [6.45, 7) is 13.7. The van der Waals surface area contributed by atoms with Crippen LogP contribution in [0.25, 0.3) is 0 Å². The minimum Gasteiger partial charge on any atom is -0.292 e. The van der Waals surface area contributed by atoms with Gasteiger partial charge in [0, 0.05) is 19.6 Å². The number of nitrogens with zero attached hydrogens (tertiary/aromatic N) is 1. The van der Waals surface area contributed by atoms with E-state index in [-0.39, 0.29) is 0 Å².